The van der Waals surface area contributed by atoms with Gasteiger partial charge >= 0.3 is 6.03 Å². The number of carbonyl (C=O) groups excluding carboxylic acids is 2. The van der Waals surface area contributed by atoms with Crippen LogP contribution in [0.3, 0.4) is 0 Å². The molecular weight excluding hydrogens is 446 g/mol. The van der Waals surface area contributed by atoms with Crippen molar-refractivity contribution in [3.63, 3.8) is 0 Å². The molecule has 1 aromatic carbocycles. The smallest absolute Gasteiger partial charge is 0.318 e. The zero-order chi connectivity index (χ0) is 24.7. The minimum absolute atomic E-state index is 0.00229. The molecule has 2 N–H and O–H groups in total. The molecule has 3 unspecified atom stereocenters. The Labute approximate surface area is 207 Å². The van der Waals surface area contributed by atoms with E-state index in [1.165, 1.54) is 6.42 Å². The number of hydrogen-bond acceptors (Lipinski definition) is 5. The van der Waals surface area contributed by atoms with Crippen molar-refractivity contribution >= 4 is 11.9 Å². The fraction of sp³-hybridized carbons (Fsp3) is 0.654. The molecule has 9 nitrogen and oxygen atoms in total. The Morgan fingerprint density at radius 2 is 1.91 bits per heavy atom. The molecule has 2 aliphatic heterocycles. The van der Waals surface area contributed by atoms with Crippen molar-refractivity contribution in [1.82, 2.24) is 15.5 Å². The first-order valence-corrected chi connectivity index (χ1v) is 12.9. The molecule has 190 valence electrons. The lowest BCUT2D eigenvalue weighted by Gasteiger charge is -2.40. The molecule has 4 rings (SSSR count). The van der Waals surface area contributed by atoms with Gasteiger partial charge in [0.15, 0.2) is 5.54 Å². The topological polar surface area (TPSA) is 118 Å². The number of carbonyl (C=O) groups is 2. The van der Waals surface area contributed by atoms with Gasteiger partial charge in [0.2, 0.25) is 5.91 Å². The van der Waals surface area contributed by atoms with Crippen LogP contribution < -0.4 is 10.6 Å². The maximum atomic E-state index is 13.5. The molecule has 0 bridgehead atoms. The average molecular weight is 484 g/mol. The Morgan fingerprint density at radius 1 is 1.20 bits per heavy atom. The summed E-state index contributed by atoms with van der Waals surface area (Å²) >= 11 is 0. The Bertz CT molecular complexity index is 910. The number of likely N-dealkylation sites (tertiary alicyclic amines) is 1. The number of hydrogen-bond donors (Lipinski definition) is 2. The number of nitrogens with zero attached hydrogens (tertiary/aromatic N) is 3. The van der Waals surface area contributed by atoms with Crippen molar-refractivity contribution in [3.05, 3.63) is 41.1 Å². The van der Waals surface area contributed by atoms with Gasteiger partial charge in [0.05, 0.1) is 25.8 Å². The summed E-state index contributed by atoms with van der Waals surface area (Å²) in [7, 11) is 0. The molecule has 35 heavy (non-hydrogen) atoms. The number of quaternary nitrogens is 1. The van der Waals surface area contributed by atoms with E-state index >= 15 is 0 Å². The minimum atomic E-state index is -1.23. The monoisotopic (exact) mass is 483 g/mol. The van der Waals surface area contributed by atoms with E-state index in [1.807, 2.05) is 30.3 Å². The summed E-state index contributed by atoms with van der Waals surface area (Å²) in [6.07, 6.45) is 6.39. The van der Waals surface area contributed by atoms with Crippen LogP contribution in [0.2, 0.25) is 0 Å². The van der Waals surface area contributed by atoms with Crippen LogP contribution in [0, 0.1) is 22.5 Å². The van der Waals surface area contributed by atoms with Crippen molar-refractivity contribution in [2.24, 2.45) is 5.92 Å². The van der Waals surface area contributed by atoms with Crippen LogP contribution in [0.4, 0.5) is 4.79 Å². The number of nitrogens with one attached hydrogen (secondary N) is 2. The van der Waals surface area contributed by atoms with Gasteiger partial charge in [0.1, 0.15) is 19.1 Å². The van der Waals surface area contributed by atoms with Gasteiger partial charge in [-0.15, -0.1) is 0 Å². The van der Waals surface area contributed by atoms with Crippen molar-refractivity contribution in [3.8, 4) is 6.07 Å². The number of ether oxygens (including phenoxy) is 1. The molecule has 1 saturated carbocycles. The Hall–Kier alpha value is -2.67. The zero-order valence-electron chi connectivity index (χ0n) is 20.4. The first-order chi connectivity index (χ1) is 16.9. The summed E-state index contributed by atoms with van der Waals surface area (Å²) in [6, 6.07) is 10.7. The lowest BCUT2D eigenvalue weighted by molar-refractivity contribution is -0.883. The van der Waals surface area contributed by atoms with Crippen molar-refractivity contribution in [1.29, 1.82) is 5.26 Å². The molecule has 0 spiro atoms. The van der Waals surface area contributed by atoms with E-state index in [0.29, 0.717) is 45.1 Å². The molecule has 9 heteroatoms. The lowest BCUT2D eigenvalue weighted by Crippen LogP contribution is -2.59. The van der Waals surface area contributed by atoms with E-state index in [0.717, 1.165) is 31.2 Å². The molecule has 2 heterocycles. The number of nitriles is 1. The highest BCUT2D eigenvalue weighted by Gasteiger charge is 2.47. The maximum Gasteiger partial charge on any atom is 0.318 e. The van der Waals surface area contributed by atoms with Crippen LogP contribution in [-0.4, -0.2) is 72.5 Å². The molecule has 2 saturated heterocycles. The maximum absolute atomic E-state index is 13.5. The lowest BCUT2D eigenvalue weighted by atomic mass is 9.84. The van der Waals surface area contributed by atoms with Crippen molar-refractivity contribution in [2.45, 2.75) is 63.1 Å². The first-order valence-electron chi connectivity index (χ1n) is 12.9. The predicted octanol–water partition coefficient (Wildman–Crippen LogP) is 2.66. The Balaban J connectivity index is 1.43. The zero-order valence-corrected chi connectivity index (χ0v) is 20.4. The number of rotatable bonds is 7. The third-order valence-electron chi connectivity index (χ3n) is 7.60. The van der Waals surface area contributed by atoms with Gasteiger partial charge < -0.3 is 30.1 Å². The van der Waals surface area contributed by atoms with E-state index in [1.54, 1.807) is 4.90 Å². The van der Waals surface area contributed by atoms with Crippen LogP contribution in [-0.2, 0) is 16.1 Å². The third kappa shape index (κ3) is 6.72. The number of urea groups is 1. The molecule has 3 amide bonds. The summed E-state index contributed by atoms with van der Waals surface area (Å²) in [5.41, 5.74) is -0.321. The molecule has 3 aliphatic rings. The summed E-state index contributed by atoms with van der Waals surface area (Å²) in [6.45, 7) is 2.46. The number of morpholine rings is 1. The van der Waals surface area contributed by atoms with Gasteiger partial charge in [-0.2, -0.15) is 5.26 Å². The van der Waals surface area contributed by atoms with Crippen LogP contribution >= 0.6 is 0 Å². The molecule has 0 aromatic heterocycles. The van der Waals surface area contributed by atoms with Gasteiger partial charge in [-0.1, -0.05) is 62.4 Å². The fourth-order valence-electron chi connectivity index (χ4n) is 5.63. The van der Waals surface area contributed by atoms with Gasteiger partial charge in [-0.25, -0.2) is 4.79 Å². The largest absolute Gasteiger partial charge is 0.632 e. The summed E-state index contributed by atoms with van der Waals surface area (Å²) in [5.74, 6) is -0.00884. The number of benzene rings is 1. The fourth-order valence-corrected chi connectivity index (χ4v) is 5.63. The predicted molar refractivity (Wildman–Crippen MR) is 131 cm³/mol. The summed E-state index contributed by atoms with van der Waals surface area (Å²) in [4.78, 5) is 28.1. The van der Waals surface area contributed by atoms with Gasteiger partial charge in [0, 0.05) is 25.1 Å². The first kappa shape index (κ1) is 25.4. The van der Waals surface area contributed by atoms with Crippen LogP contribution in [0.5, 0.6) is 0 Å². The molecule has 3 atom stereocenters. The quantitative estimate of drug-likeness (QED) is 0.457. The SMILES string of the molecule is N#CC1(NC(=O)C(CC2CCCCC2)NC(=O)N2CCOCC2)CC[N+]([O-])(Cc2ccccc2)C1. The molecular formula is C26H37N5O4. The second-order valence-electron chi connectivity index (χ2n) is 10.4. The molecule has 0 radical (unpaired) electrons. The highest BCUT2D eigenvalue weighted by molar-refractivity contribution is 5.87. The highest BCUT2D eigenvalue weighted by atomic mass is 16.5. The Morgan fingerprint density at radius 3 is 2.60 bits per heavy atom. The highest BCUT2D eigenvalue weighted by Crippen LogP contribution is 2.31. The minimum Gasteiger partial charge on any atom is -0.632 e. The van der Waals surface area contributed by atoms with Gasteiger partial charge in [-0.05, 0) is 12.3 Å². The number of hydroxylamine groups is 3. The van der Waals surface area contributed by atoms with E-state index in [4.69, 9.17) is 4.74 Å². The normalized spacial score (nSPS) is 28.2. The van der Waals surface area contributed by atoms with Crippen LogP contribution in [0.1, 0.15) is 50.5 Å². The second-order valence-corrected chi connectivity index (χ2v) is 10.4. The van der Waals surface area contributed by atoms with Gasteiger partial charge in [-0.3, -0.25) is 4.79 Å². The van der Waals surface area contributed by atoms with Crippen LogP contribution in [0.25, 0.3) is 0 Å². The van der Waals surface area contributed by atoms with Crippen molar-refractivity contribution < 1.29 is 19.0 Å². The summed E-state index contributed by atoms with van der Waals surface area (Å²) < 4.78 is 4.78. The van der Waals surface area contributed by atoms with Crippen molar-refractivity contribution in [2.75, 3.05) is 39.4 Å². The van der Waals surface area contributed by atoms with E-state index in [-0.39, 0.29) is 31.6 Å². The van der Waals surface area contributed by atoms with Crippen LogP contribution in [0.15, 0.2) is 30.3 Å². The molecule has 1 aromatic rings. The van der Waals surface area contributed by atoms with Gasteiger partial charge in [0.25, 0.3) is 0 Å². The third-order valence-corrected chi connectivity index (χ3v) is 7.60. The molecule has 1 aliphatic carbocycles. The van der Waals surface area contributed by atoms with E-state index in [9.17, 15) is 20.1 Å². The summed E-state index contributed by atoms with van der Waals surface area (Å²) in [5, 5.41) is 29.3. The Kier molecular flexibility index (Phi) is 8.26. The molecule has 3 fully saturated rings. The average Bonchev–Trinajstić information content (AvgIpc) is 3.21. The van der Waals surface area contributed by atoms with E-state index in [2.05, 4.69) is 16.7 Å². The second kappa shape index (κ2) is 11.4. The van der Waals surface area contributed by atoms with E-state index < -0.39 is 16.2 Å². The standard InChI is InChI=1S/C26H37N5O4/c27-19-26(11-14-31(34,20-26)18-22-9-5-2-6-10-22)29-24(32)23(17-21-7-3-1-4-8-21)28-25(33)30-12-15-35-16-13-30/h2,5-6,9-10,21,23H,1,3-4,7-8,11-18,20H2,(H,28,33)(H,29,32). The number of amides is 3.